The summed E-state index contributed by atoms with van der Waals surface area (Å²) < 4.78 is 11.1. The highest BCUT2D eigenvalue weighted by molar-refractivity contribution is 5.80. The normalized spacial score (nSPS) is 21.0. The van der Waals surface area contributed by atoms with E-state index in [9.17, 15) is 40.5 Å². The van der Waals surface area contributed by atoms with Crippen LogP contribution < -0.4 is 5.32 Å². The lowest BCUT2D eigenvalue weighted by atomic mass is 9.98. The van der Waals surface area contributed by atoms with E-state index in [1.54, 1.807) is 0 Å². The van der Waals surface area contributed by atoms with Crippen molar-refractivity contribution >= 4 is 5.91 Å². The maximum Gasteiger partial charge on any atom is 0.249 e. The Hall–Kier alpha value is -1.15. The average Bonchev–Trinajstić information content (AvgIpc) is 3.29. The van der Waals surface area contributed by atoms with Gasteiger partial charge in [0.15, 0.2) is 6.29 Å². The molecule has 11 heteroatoms. The van der Waals surface area contributed by atoms with Crippen LogP contribution in [0.5, 0.6) is 0 Å². The quantitative estimate of drug-likeness (QED) is 0.0216. The number of hydrogen-bond acceptors (Lipinski definition) is 10. The summed E-state index contributed by atoms with van der Waals surface area (Å²) in [5.41, 5.74) is 0. The van der Waals surface area contributed by atoms with Crippen molar-refractivity contribution in [1.82, 2.24) is 5.32 Å². The van der Waals surface area contributed by atoms with Crippen molar-refractivity contribution < 1.29 is 50.0 Å². The van der Waals surface area contributed by atoms with Gasteiger partial charge in [-0.05, 0) is 38.5 Å². The van der Waals surface area contributed by atoms with Crippen molar-refractivity contribution in [2.45, 2.75) is 306 Å². The number of carbonyl (C=O) groups is 1. The molecule has 1 aliphatic heterocycles. The first-order valence-electron chi connectivity index (χ1n) is 27.1. The van der Waals surface area contributed by atoms with Gasteiger partial charge in [-0.15, -0.1) is 0 Å². The number of allylic oxidation sites excluding steroid dienone is 2. The Balaban J connectivity index is 2.33. The van der Waals surface area contributed by atoms with E-state index >= 15 is 0 Å². The van der Waals surface area contributed by atoms with Crippen LogP contribution in [0.1, 0.15) is 251 Å². The molecular formula is C53H103NO10. The van der Waals surface area contributed by atoms with Crippen molar-refractivity contribution in [3.05, 3.63) is 12.2 Å². The van der Waals surface area contributed by atoms with Crippen LogP contribution in [0.3, 0.4) is 0 Å². The van der Waals surface area contributed by atoms with Gasteiger partial charge in [0.1, 0.15) is 36.6 Å². The molecule has 1 fully saturated rings. The molecule has 8 N–H and O–H groups in total. The monoisotopic (exact) mass is 914 g/mol. The SMILES string of the molecule is CCCCCCCCCCC/C=C/CCCC(O)C(O)C(COC1OC(CO)C(O)C(O)C1O)NC(=O)C(O)CCCCCCCCCCCCCCCCCCCCCCCCC. The number of carbonyl (C=O) groups excluding carboxylic acids is 1. The van der Waals surface area contributed by atoms with E-state index < -0.39 is 74.2 Å². The largest absolute Gasteiger partial charge is 0.394 e. The second-order valence-corrected chi connectivity index (χ2v) is 19.3. The summed E-state index contributed by atoms with van der Waals surface area (Å²) in [6, 6.07) is -1.18. The fraction of sp³-hybridized carbons (Fsp3) is 0.943. The lowest BCUT2D eigenvalue weighted by molar-refractivity contribution is -0.303. The van der Waals surface area contributed by atoms with Gasteiger partial charge in [-0.25, -0.2) is 0 Å². The zero-order valence-electron chi connectivity index (χ0n) is 41.3. The van der Waals surface area contributed by atoms with Crippen LogP contribution in [0, 0.1) is 0 Å². The minimum atomic E-state index is -1.66. The molecule has 0 aromatic carbocycles. The summed E-state index contributed by atoms with van der Waals surface area (Å²) in [7, 11) is 0. The Morgan fingerprint density at radius 2 is 0.922 bits per heavy atom. The number of nitrogens with one attached hydrogen (secondary N) is 1. The molecule has 0 radical (unpaired) electrons. The smallest absolute Gasteiger partial charge is 0.249 e. The van der Waals surface area contributed by atoms with Gasteiger partial charge < -0.3 is 50.5 Å². The average molecular weight is 914 g/mol. The van der Waals surface area contributed by atoms with Gasteiger partial charge in [-0.3, -0.25) is 4.79 Å². The summed E-state index contributed by atoms with van der Waals surface area (Å²) in [5.74, 6) is -0.702. The number of ether oxygens (including phenoxy) is 2. The molecule has 11 nitrogen and oxygen atoms in total. The molecule has 1 heterocycles. The maximum atomic E-state index is 13.1. The Labute approximate surface area is 392 Å². The first-order chi connectivity index (χ1) is 31.2. The summed E-state index contributed by atoms with van der Waals surface area (Å²) in [5, 5.41) is 75.9. The van der Waals surface area contributed by atoms with E-state index in [0.29, 0.717) is 12.8 Å². The molecule has 9 unspecified atom stereocenters. The molecule has 0 bridgehead atoms. The third kappa shape index (κ3) is 31.8. The number of aliphatic hydroxyl groups is 7. The van der Waals surface area contributed by atoms with Gasteiger partial charge in [0, 0.05) is 0 Å². The Morgan fingerprint density at radius 1 is 0.531 bits per heavy atom. The third-order valence-electron chi connectivity index (χ3n) is 13.3. The number of unbranched alkanes of at least 4 members (excludes halogenated alkanes) is 32. The first kappa shape index (κ1) is 60.9. The lowest BCUT2D eigenvalue weighted by Gasteiger charge is -2.40. The van der Waals surface area contributed by atoms with E-state index in [0.717, 1.165) is 38.5 Å². The van der Waals surface area contributed by atoms with Crippen molar-refractivity contribution in [2.75, 3.05) is 13.2 Å². The van der Waals surface area contributed by atoms with E-state index in [2.05, 4.69) is 31.3 Å². The van der Waals surface area contributed by atoms with Gasteiger partial charge >= 0.3 is 0 Å². The predicted molar refractivity (Wildman–Crippen MR) is 261 cm³/mol. The summed E-state index contributed by atoms with van der Waals surface area (Å²) in [4.78, 5) is 13.1. The second kappa shape index (κ2) is 43.2. The molecule has 64 heavy (non-hydrogen) atoms. The zero-order chi connectivity index (χ0) is 46.9. The molecule has 0 aromatic rings. The summed E-state index contributed by atoms with van der Waals surface area (Å²) >= 11 is 0. The van der Waals surface area contributed by atoms with Crippen molar-refractivity contribution in [1.29, 1.82) is 0 Å². The zero-order valence-corrected chi connectivity index (χ0v) is 41.3. The van der Waals surface area contributed by atoms with Crippen LogP contribution in [0.2, 0.25) is 0 Å². The number of aliphatic hydroxyl groups excluding tert-OH is 7. The number of amides is 1. The highest BCUT2D eigenvalue weighted by Gasteiger charge is 2.44. The topological polar surface area (TPSA) is 189 Å². The minimum absolute atomic E-state index is 0.259. The van der Waals surface area contributed by atoms with Crippen LogP contribution in [-0.2, 0) is 14.3 Å². The van der Waals surface area contributed by atoms with Crippen LogP contribution in [-0.4, -0.2) is 110 Å². The second-order valence-electron chi connectivity index (χ2n) is 19.3. The van der Waals surface area contributed by atoms with Gasteiger partial charge in [0.25, 0.3) is 0 Å². The van der Waals surface area contributed by atoms with Crippen LogP contribution >= 0.6 is 0 Å². The lowest BCUT2D eigenvalue weighted by Crippen LogP contribution is -2.60. The number of rotatable bonds is 46. The molecule has 0 spiro atoms. The highest BCUT2D eigenvalue weighted by Crippen LogP contribution is 2.23. The molecule has 1 aliphatic rings. The van der Waals surface area contributed by atoms with Crippen molar-refractivity contribution in [2.24, 2.45) is 0 Å². The summed E-state index contributed by atoms with van der Waals surface area (Å²) in [6.07, 6.45) is 37.0. The fourth-order valence-electron chi connectivity index (χ4n) is 8.85. The van der Waals surface area contributed by atoms with Gasteiger partial charge in [0.05, 0.1) is 25.4 Å². The van der Waals surface area contributed by atoms with Crippen LogP contribution in [0.4, 0.5) is 0 Å². The Bertz CT molecular complexity index is 1050. The Morgan fingerprint density at radius 3 is 1.34 bits per heavy atom. The van der Waals surface area contributed by atoms with E-state index in [1.807, 2.05) is 0 Å². The number of hydrogen-bond donors (Lipinski definition) is 8. The Kier molecular flexibility index (Phi) is 41.0. The van der Waals surface area contributed by atoms with Gasteiger partial charge in [-0.1, -0.05) is 225 Å². The first-order valence-corrected chi connectivity index (χ1v) is 27.1. The van der Waals surface area contributed by atoms with E-state index in [-0.39, 0.29) is 12.8 Å². The minimum Gasteiger partial charge on any atom is -0.394 e. The third-order valence-corrected chi connectivity index (χ3v) is 13.3. The predicted octanol–water partition coefficient (Wildman–Crippen LogP) is 10.4. The molecule has 0 aliphatic carbocycles. The van der Waals surface area contributed by atoms with E-state index in [4.69, 9.17) is 9.47 Å². The fourth-order valence-corrected chi connectivity index (χ4v) is 8.85. The molecule has 1 amide bonds. The standard InChI is InChI=1S/C53H103NO10/c1-3-5-7-9-11-13-15-17-19-20-21-22-23-24-25-26-27-29-31-33-35-37-39-41-46(57)52(62)54-44(43-63-53-51(61)50(60)49(59)47(42-55)64-53)48(58)45(56)40-38-36-34-32-30-28-18-16-14-12-10-8-6-4-2/h32,34,44-51,53,55-61H,3-31,33,35-43H2,1-2H3,(H,54,62)/b34-32+. The van der Waals surface area contributed by atoms with Crippen molar-refractivity contribution in [3.8, 4) is 0 Å². The van der Waals surface area contributed by atoms with E-state index in [1.165, 1.54) is 173 Å². The molecule has 1 saturated heterocycles. The van der Waals surface area contributed by atoms with Crippen molar-refractivity contribution in [3.63, 3.8) is 0 Å². The van der Waals surface area contributed by atoms with Crippen LogP contribution in [0.15, 0.2) is 12.2 Å². The molecule has 380 valence electrons. The van der Waals surface area contributed by atoms with Gasteiger partial charge in [0.2, 0.25) is 5.91 Å². The van der Waals surface area contributed by atoms with Crippen LogP contribution in [0.25, 0.3) is 0 Å². The highest BCUT2D eigenvalue weighted by atomic mass is 16.7. The van der Waals surface area contributed by atoms with Gasteiger partial charge in [-0.2, -0.15) is 0 Å². The molecule has 1 rings (SSSR count). The maximum absolute atomic E-state index is 13.1. The molecule has 0 saturated carbocycles. The summed E-state index contributed by atoms with van der Waals surface area (Å²) in [6.45, 7) is 3.45. The molecule has 0 aromatic heterocycles. The molecular weight excluding hydrogens is 811 g/mol. The molecule has 9 atom stereocenters.